The van der Waals surface area contributed by atoms with Gasteiger partial charge in [-0.15, -0.1) is 0 Å². The average molecular weight is 475 g/mol. The molecule has 2 aromatic rings. The van der Waals surface area contributed by atoms with Crippen LogP contribution in [-0.4, -0.2) is 55.6 Å². The van der Waals surface area contributed by atoms with Crippen LogP contribution in [0.4, 0.5) is 24.5 Å². The number of carbonyl (C=O) groups is 1. The number of pyridine rings is 1. The second-order valence-electron chi connectivity index (χ2n) is 7.58. The summed E-state index contributed by atoms with van der Waals surface area (Å²) in [5.74, 6) is -0.299. The minimum atomic E-state index is -4.66. The van der Waals surface area contributed by atoms with Crippen molar-refractivity contribution in [2.75, 3.05) is 45.2 Å². The number of carbonyl (C=O) groups excluding carboxylic acids is 1. The molecule has 1 amide bonds. The van der Waals surface area contributed by atoms with Gasteiger partial charge in [0.15, 0.2) is 5.69 Å². The van der Waals surface area contributed by atoms with E-state index in [1.165, 1.54) is 18.2 Å². The second kappa shape index (κ2) is 10.9. The summed E-state index contributed by atoms with van der Waals surface area (Å²) in [4.78, 5) is 17.5. The summed E-state index contributed by atoms with van der Waals surface area (Å²) in [5.41, 5.74) is 6.69. The van der Waals surface area contributed by atoms with E-state index in [4.69, 9.17) is 10.3 Å². The van der Waals surface area contributed by atoms with Crippen molar-refractivity contribution in [1.29, 1.82) is 10.8 Å². The lowest BCUT2D eigenvalue weighted by Gasteiger charge is -2.19. The summed E-state index contributed by atoms with van der Waals surface area (Å²) in [6.45, 7) is 2.53. The van der Waals surface area contributed by atoms with Gasteiger partial charge in [0.1, 0.15) is 17.5 Å². The number of hydrogen-bond acceptors (Lipinski definition) is 8. The van der Waals surface area contributed by atoms with Gasteiger partial charge in [0, 0.05) is 45.2 Å². The van der Waals surface area contributed by atoms with Crippen LogP contribution in [0.2, 0.25) is 0 Å². The van der Waals surface area contributed by atoms with Gasteiger partial charge in [0.25, 0.3) is 0 Å². The van der Waals surface area contributed by atoms with Crippen molar-refractivity contribution in [3.05, 3.63) is 35.5 Å². The summed E-state index contributed by atoms with van der Waals surface area (Å²) >= 11 is 0. The Morgan fingerprint density at radius 2 is 2.15 bits per heavy atom. The highest BCUT2D eigenvalue weighted by Crippen LogP contribution is 2.40. The molecule has 0 saturated carbocycles. The van der Waals surface area contributed by atoms with Crippen LogP contribution >= 0.6 is 0 Å². The van der Waals surface area contributed by atoms with E-state index >= 15 is 0 Å². The molecule has 2 heterocycles. The van der Waals surface area contributed by atoms with Gasteiger partial charge < -0.3 is 20.3 Å². The number of rotatable bonds is 8. The highest BCUT2D eigenvalue weighted by molar-refractivity contribution is 5.77. The smallest absolute Gasteiger partial charge is 0.419 e. The van der Waals surface area contributed by atoms with Gasteiger partial charge in [-0.25, -0.2) is 10.5 Å². The average Bonchev–Trinajstić information content (AvgIpc) is 3.04. The molecule has 0 atom stereocenters. The lowest BCUT2D eigenvalue weighted by atomic mass is 10.0. The molecule has 1 aromatic carbocycles. The predicted octanol–water partition coefficient (Wildman–Crippen LogP) is 3.93. The first-order valence-corrected chi connectivity index (χ1v) is 10.6. The fourth-order valence-corrected chi connectivity index (χ4v) is 3.61. The van der Waals surface area contributed by atoms with Gasteiger partial charge in [-0.05, 0) is 30.7 Å². The van der Waals surface area contributed by atoms with E-state index in [-0.39, 0.29) is 40.9 Å². The number of ether oxygens (including phenoxy) is 1. The molecule has 0 radical (unpaired) electrons. The third-order valence-corrected chi connectivity index (χ3v) is 5.34. The molecule has 34 heavy (non-hydrogen) atoms. The molecule has 1 aromatic heterocycles. The Morgan fingerprint density at radius 3 is 2.82 bits per heavy atom. The number of benzene rings is 1. The highest BCUT2D eigenvalue weighted by Gasteiger charge is 2.35. The van der Waals surface area contributed by atoms with Crippen LogP contribution in [0.15, 0.2) is 29.4 Å². The Hall–Kier alpha value is -3.72. The topological polar surface area (TPSA) is 126 Å². The van der Waals surface area contributed by atoms with Crippen molar-refractivity contribution in [2.24, 2.45) is 5.11 Å². The number of hydrogen-bond donors (Lipinski definition) is 3. The monoisotopic (exact) mass is 475 g/mol. The van der Waals surface area contributed by atoms with E-state index in [1.807, 2.05) is 6.07 Å². The van der Waals surface area contributed by atoms with Crippen LogP contribution in [0.5, 0.6) is 5.75 Å². The summed E-state index contributed by atoms with van der Waals surface area (Å²) in [6.07, 6.45) is -3.76. The summed E-state index contributed by atoms with van der Waals surface area (Å²) < 4.78 is 46.8. The third-order valence-electron chi connectivity index (χ3n) is 5.34. The molecule has 3 rings (SSSR count). The second-order valence-corrected chi connectivity index (χ2v) is 7.58. The number of nitriles is 1. The lowest BCUT2D eigenvalue weighted by Crippen LogP contribution is -2.30. The van der Waals surface area contributed by atoms with Crippen molar-refractivity contribution >= 4 is 17.3 Å². The Morgan fingerprint density at radius 1 is 1.35 bits per heavy atom. The van der Waals surface area contributed by atoms with Gasteiger partial charge in [-0.1, -0.05) is 0 Å². The van der Waals surface area contributed by atoms with Crippen LogP contribution in [0, 0.1) is 16.9 Å². The lowest BCUT2D eigenvalue weighted by molar-refractivity contribution is -0.139. The van der Waals surface area contributed by atoms with Gasteiger partial charge >= 0.3 is 6.18 Å². The predicted molar refractivity (Wildman–Crippen MR) is 118 cm³/mol. The maximum atomic E-state index is 13.8. The minimum absolute atomic E-state index is 0.00407. The van der Waals surface area contributed by atoms with Crippen molar-refractivity contribution < 1.29 is 22.7 Å². The van der Waals surface area contributed by atoms with Crippen molar-refractivity contribution in [3.8, 4) is 23.1 Å². The molecule has 1 fully saturated rings. The van der Waals surface area contributed by atoms with Gasteiger partial charge in [-0.3, -0.25) is 4.79 Å². The number of anilines is 1. The van der Waals surface area contributed by atoms with E-state index in [0.717, 1.165) is 6.07 Å². The van der Waals surface area contributed by atoms with E-state index in [1.54, 1.807) is 7.05 Å². The summed E-state index contributed by atoms with van der Waals surface area (Å²) in [6, 6.07) is 6.86. The zero-order valence-corrected chi connectivity index (χ0v) is 18.5. The molecule has 12 heteroatoms. The number of aromatic nitrogens is 1. The Labute approximate surface area is 194 Å². The zero-order valence-electron chi connectivity index (χ0n) is 18.5. The number of alkyl halides is 3. The first-order valence-electron chi connectivity index (χ1n) is 10.6. The normalized spacial score (nSPS) is 14.6. The van der Waals surface area contributed by atoms with Gasteiger partial charge in [-0.2, -0.15) is 23.5 Å². The number of nitrogens with one attached hydrogen (secondary N) is 3. The number of halogens is 3. The first-order chi connectivity index (χ1) is 16.3. The molecule has 1 aliphatic heterocycles. The van der Waals surface area contributed by atoms with Crippen LogP contribution in [-0.2, 0) is 11.0 Å². The maximum absolute atomic E-state index is 13.8. The zero-order chi connectivity index (χ0) is 24.7. The Bertz CT molecular complexity index is 1100. The fourth-order valence-electron chi connectivity index (χ4n) is 3.61. The molecule has 9 nitrogen and oxygen atoms in total. The molecule has 1 aliphatic rings. The van der Waals surface area contributed by atoms with Crippen molar-refractivity contribution in [2.45, 2.75) is 19.0 Å². The highest BCUT2D eigenvalue weighted by atomic mass is 19.4. The molecule has 3 N–H and O–H groups in total. The van der Waals surface area contributed by atoms with Gasteiger partial charge in [0.05, 0.1) is 23.6 Å². The van der Waals surface area contributed by atoms with Gasteiger partial charge in [0.2, 0.25) is 5.91 Å². The van der Waals surface area contributed by atoms with Crippen LogP contribution in [0.1, 0.15) is 24.1 Å². The minimum Gasteiger partial charge on any atom is -0.493 e. The molecule has 180 valence electrons. The Kier molecular flexibility index (Phi) is 8.01. The van der Waals surface area contributed by atoms with E-state index < -0.39 is 11.7 Å². The first kappa shape index (κ1) is 24.9. The molecule has 1 saturated heterocycles. The largest absolute Gasteiger partial charge is 0.493 e. The van der Waals surface area contributed by atoms with Crippen LogP contribution in [0.3, 0.4) is 0 Å². The van der Waals surface area contributed by atoms with Crippen LogP contribution < -0.4 is 15.4 Å². The van der Waals surface area contributed by atoms with E-state index in [0.29, 0.717) is 44.7 Å². The SMILES string of the molecule is CNc1cc(-c2ccc(OCCCN3CCNC(=O)CC3)c(C(F)(F)F)c2)nc(C#N)c1N=N. The summed E-state index contributed by atoms with van der Waals surface area (Å²) in [7, 11) is 1.55. The fraction of sp³-hybridized carbons (Fsp3) is 0.409. The standard InChI is InChI=1S/C22H24F3N7O2/c1-28-17-12-16(30-18(13-26)21(17)31-27)14-3-4-19(15(11-14)22(23,24)25)34-10-2-7-32-8-5-20(33)29-6-9-32/h3-4,11-12,27H,2,5-10H2,1H3,(H,28,30)(H,29,33). The molecule has 0 bridgehead atoms. The molecule has 0 unspecified atom stereocenters. The number of nitrogens with zero attached hydrogens (tertiary/aromatic N) is 4. The Balaban J connectivity index is 1.78. The van der Waals surface area contributed by atoms with E-state index in [9.17, 15) is 23.2 Å². The van der Waals surface area contributed by atoms with Crippen molar-refractivity contribution in [1.82, 2.24) is 15.2 Å². The molecule has 0 spiro atoms. The van der Waals surface area contributed by atoms with Crippen LogP contribution in [0.25, 0.3) is 11.3 Å². The third kappa shape index (κ3) is 5.99. The number of amides is 1. The molecular formula is C22H24F3N7O2. The maximum Gasteiger partial charge on any atom is 0.419 e. The quantitative estimate of drug-likeness (QED) is 0.392. The van der Waals surface area contributed by atoms with E-state index in [2.05, 4.69) is 25.6 Å². The molecular weight excluding hydrogens is 451 g/mol. The van der Waals surface area contributed by atoms with Crippen molar-refractivity contribution in [3.63, 3.8) is 0 Å². The molecule has 0 aliphatic carbocycles. The summed E-state index contributed by atoms with van der Waals surface area (Å²) in [5, 5.41) is 18.1.